The van der Waals surface area contributed by atoms with Gasteiger partial charge in [-0.3, -0.25) is 0 Å². The molecule has 0 aromatic carbocycles. The van der Waals surface area contributed by atoms with Gasteiger partial charge in [-0.1, -0.05) is 0 Å². The maximum atomic E-state index is 2.58. The predicted molar refractivity (Wildman–Crippen MR) is 98.0 cm³/mol. The van der Waals surface area contributed by atoms with Crippen molar-refractivity contribution in [1.29, 1.82) is 0 Å². The second kappa shape index (κ2) is 9.03. The van der Waals surface area contributed by atoms with Gasteiger partial charge >= 0.3 is 146 Å². The molecule has 0 saturated heterocycles. The third kappa shape index (κ3) is 4.87. The van der Waals surface area contributed by atoms with Gasteiger partial charge in [-0.2, -0.15) is 0 Å². The molecule has 0 aliphatic heterocycles. The first kappa shape index (κ1) is 24.6. The first-order valence-corrected chi connectivity index (χ1v) is 17.2. The van der Waals surface area contributed by atoms with Crippen LogP contribution in [0, 0.1) is 11.3 Å². The molecule has 0 radical (unpaired) electrons. The van der Waals surface area contributed by atoms with Gasteiger partial charge in [-0.15, -0.1) is 0 Å². The van der Waals surface area contributed by atoms with Gasteiger partial charge in [-0.25, -0.2) is 0 Å². The molecular formula is C20H32Cl2SiZr. The molecule has 134 valence electrons. The van der Waals surface area contributed by atoms with Gasteiger partial charge in [0.15, 0.2) is 0 Å². The summed E-state index contributed by atoms with van der Waals surface area (Å²) in [5.41, 5.74) is 6.60. The van der Waals surface area contributed by atoms with Gasteiger partial charge in [0, 0.05) is 0 Å². The molecule has 4 heteroatoms. The summed E-state index contributed by atoms with van der Waals surface area (Å²) in [4.78, 5) is 0. The quantitative estimate of drug-likeness (QED) is 0.521. The predicted octanol–water partition coefficient (Wildman–Crippen LogP) is 0.384. The van der Waals surface area contributed by atoms with Crippen LogP contribution in [-0.2, 0) is 20.4 Å². The van der Waals surface area contributed by atoms with E-state index in [4.69, 9.17) is 0 Å². The summed E-state index contributed by atoms with van der Waals surface area (Å²) in [6.07, 6.45) is 6.32. The summed E-state index contributed by atoms with van der Waals surface area (Å²) in [6.45, 7) is 21.8. The molecule has 1 unspecified atom stereocenters. The van der Waals surface area contributed by atoms with Crippen LogP contribution in [0.1, 0.15) is 54.9 Å². The van der Waals surface area contributed by atoms with E-state index in [1.807, 2.05) is 6.56 Å². The zero-order chi connectivity index (χ0) is 16.8. The average molecular weight is 463 g/mol. The van der Waals surface area contributed by atoms with Crippen molar-refractivity contribution in [3.63, 3.8) is 0 Å². The Kier molecular flexibility index (Phi) is 9.27. The molecule has 0 fully saturated rings. The molecule has 1 atom stereocenters. The number of halogens is 2. The molecule has 0 spiro atoms. The van der Waals surface area contributed by atoms with Crippen molar-refractivity contribution in [2.24, 2.45) is 11.3 Å². The first-order chi connectivity index (χ1) is 10.0. The molecule has 0 amide bonds. The van der Waals surface area contributed by atoms with E-state index in [2.05, 4.69) is 73.7 Å². The van der Waals surface area contributed by atoms with E-state index in [0.29, 0.717) is 11.3 Å². The maximum Gasteiger partial charge on any atom is -1.00 e. The van der Waals surface area contributed by atoms with E-state index in [0.717, 1.165) is 0 Å². The molecule has 0 saturated carbocycles. The summed E-state index contributed by atoms with van der Waals surface area (Å²) in [5.74, 6) is 0.702. The summed E-state index contributed by atoms with van der Waals surface area (Å²) < 4.78 is 3.83. The van der Waals surface area contributed by atoms with Crippen molar-refractivity contribution in [1.82, 2.24) is 0 Å². The Labute approximate surface area is 170 Å². The average Bonchev–Trinajstić information content (AvgIpc) is 2.85. The van der Waals surface area contributed by atoms with Crippen LogP contribution in [0.25, 0.3) is 0 Å². The molecule has 0 heterocycles. The van der Waals surface area contributed by atoms with Crippen LogP contribution in [0.4, 0.5) is 0 Å². The van der Waals surface area contributed by atoms with Gasteiger partial charge in [0.2, 0.25) is 0 Å². The Morgan fingerprint density at radius 1 is 1.08 bits per heavy atom. The molecule has 0 aromatic heterocycles. The fraction of sp³-hybridized carbons (Fsp3) is 0.600. The topological polar surface area (TPSA) is 0 Å². The molecule has 2 rings (SSSR count). The first-order valence-electron chi connectivity index (χ1n) is 8.52. The maximum absolute atomic E-state index is 2.58. The molecule has 0 aromatic rings. The second-order valence-corrected chi connectivity index (χ2v) is 25.3. The largest absolute Gasteiger partial charge is 1.00 e. The fourth-order valence-corrected chi connectivity index (χ4v) is 23.1. The van der Waals surface area contributed by atoms with Crippen molar-refractivity contribution in [2.75, 3.05) is 0 Å². The van der Waals surface area contributed by atoms with Crippen LogP contribution in [0.2, 0.25) is 13.1 Å². The molecule has 2 aliphatic rings. The Bertz CT molecular complexity index is 666. The van der Waals surface area contributed by atoms with Crippen LogP contribution < -0.4 is 24.8 Å². The normalized spacial score (nSPS) is 20.1. The molecule has 0 N–H and O–H groups in total. The number of hydrogen-bond acceptors (Lipinski definition) is 0. The Balaban J connectivity index is 0.00000264. The Morgan fingerprint density at radius 3 is 1.96 bits per heavy atom. The number of rotatable bonds is 2. The minimum absolute atomic E-state index is 0. The summed E-state index contributed by atoms with van der Waals surface area (Å²) in [6, 6.07) is 0. The fourth-order valence-electron chi connectivity index (χ4n) is 3.78. The van der Waals surface area contributed by atoms with Crippen molar-refractivity contribution in [3.8, 4) is 0 Å². The van der Waals surface area contributed by atoms with Gasteiger partial charge in [-0.05, 0) is 0 Å². The van der Waals surface area contributed by atoms with Crippen LogP contribution >= 0.6 is 0 Å². The van der Waals surface area contributed by atoms with E-state index in [-0.39, 0.29) is 30.2 Å². The monoisotopic (exact) mass is 460 g/mol. The minimum Gasteiger partial charge on any atom is -1.00 e. The van der Waals surface area contributed by atoms with Crippen molar-refractivity contribution < 1.29 is 45.2 Å². The SMILES string of the molecule is CC1=CC(C)[C]([Zr+2]([C]2=C(C)C=C(C(C)(C)C)C2)=[Si](C)C)=C1C.[Cl-].[Cl-]. The van der Waals surface area contributed by atoms with Gasteiger partial charge in [0.25, 0.3) is 0 Å². The number of hydrogen-bond donors (Lipinski definition) is 0. The van der Waals surface area contributed by atoms with Crippen molar-refractivity contribution in [2.45, 2.75) is 68.0 Å². The third-order valence-corrected chi connectivity index (χ3v) is 23.2. The molecular weight excluding hydrogens is 430 g/mol. The smallest absolute Gasteiger partial charge is 1.00 e. The summed E-state index contributed by atoms with van der Waals surface area (Å²) >= 11 is -1.67. The zero-order valence-corrected chi connectivity index (χ0v) is 21.7. The molecule has 2 aliphatic carbocycles. The molecule has 24 heavy (non-hydrogen) atoms. The zero-order valence-electron chi connectivity index (χ0n) is 16.7. The van der Waals surface area contributed by atoms with Gasteiger partial charge < -0.3 is 24.8 Å². The van der Waals surface area contributed by atoms with Crippen LogP contribution in [-0.4, -0.2) is 5.43 Å². The summed E-state index contributed by atoms with van der Waals surface area (Å²) in [7, 11) is 0. The third-order valence-electron chi connectivity index (χ3n) is 5.22. The van der Waals surface area contributed by atoms with Gasteiger partial charge in [0.1, 0.15) is 0 Å². The van der Waals surface area contributed by atoms with E-state index in [1.54, 1.807) is 22.3 Å². The number of allylic oxidation sites excluding steroid dienone is 8. The molecule has 0 nitrogen and oxygen atoms in total. The Morgan fingerprint density at radius 2 is 1.62 bits per heavy atom. The van der Waals surface area contributed by atoms with Crippen LogP contribution in [0.5, 0.6) is 0 Å². The van der Waals surface area contributed by atoms with E-state index >= 15 is 0 Å². The summed E-state index contributed by atoms with van der Waals surface area (Å²) in [5, 5.41) is 0. The van der Waals surface area contributed by atoms with Crippen LogP contribution in [0.15, 0.2) is 41.0 Å². The van der Waals surface area contributed by atoms with Gasteiger partial charge in [0.05, 0.1) is 0 Å². The minimum atomic E-state index is -1.67. The van der Waals surface area contributed by atoms with Crippen molar-refractivity contribution in [3.05, 3.63) is 41.0 Å². The Hall–Kier alpha value is 0.640. The van der Waals surface area contributed by atoms with Crippen molar-refractivity contribution >= 4 is 5.43 Å². The molecule has 0 bridgehead atoms. The standard InChI is InChI=1S/C10H15.C8H11.C2H6Si.2ClH.Zr/c1-8-5-6-9(7-8)10(2,3)4;1-6-4-7(2)8(3)5-6;1-3-2;;;/h7H,6H2,1-4H3;4,6H,1-3H3;1-2H3;2*1H;/q;;;;;+2/p-2. The second-order valence-electron chi connectivity index (χ2n) is 8.31. The van der Waals surface area contributed by atoms with Crippen LogP contribution in [0.3, 0.4) is 0 Å². The van der Waals surface area contributed by atoms with E-state index in [1.165, 1.54) is 6.42 Å². The van der Waals surface area contributed by atoms with E-state index < -0.39 is 20.4 Å². The van der Waals surface area contributed by atoms with E-state index in [9.17, 15) is 0 Å².